The molecule has 0 spiro atoms. The molecule has 0 radical (unpaired) electrons. The molecular weight excluding hydrogens is 333 g/mol. The molecular formula is C17H14FNO6. The Bertz CT molecular complexity index is 849. The number of methoxy groups -OCH3 is 1. The minimum atomic E-state index is -1.39. The first-order valence-corrected chi connectivity index (χ1v) is 7.05. The summed E-state index contributed by atoms with van der Waals surface area (Å²) >= 11 is 0. The van der Waals surface area contributed by atoms with Crippen LogP contribution in [0.1, 0.15) is 36.6 Å². The van der Waals surface area contributed by atoms with Crippen molar-refractivity contribution in [2.75, 3.05) is 7.11 Å². The van der Waals surface area contributed by atoms with Gasteiger partial charge in [-0.3, -0.25) is 4.79 Å². The molecule has 1 amide bonds. The van der Waals surface area contributed by atoms with Crippen molar-refractivity contribution >= 4 is 17.8 Å². The van der Waals surface area contributed by atoms with Crippen molar-refractivity contribution in [2.45, 2.75) is 6.54 Å². The summed E-state index contributed by atoms with van der Waals surface area (Å²) in [6.45, 7) is -0.105. The molecule has 0 atom stereocenters. The van der Waals surface area contributed by atoms with Crippen molar-refractivity contribution in [1.82, 2.24) is 5.32 Å². The molecule has 0 aliphatic heterocycles. The molecule has 130 valence electrons. The minimum Gasteiger partial charge on any atom is -0.496 e. The highest BCUT2D eigenvalue weighted by Gasteiger charge is 2.21. The van der Waals surface area contributed by atoms with E-state index in [1.165, 1.54) is 31.4 Å². The predicted molar refractivity (Wildman–Crippen MR) is 84.5 cm³/mol. The molecule has 0 aliphatic rings. The first-order chi connectivity index (χ1) is 11.8. The van der Waals surface area contributed by atoms with Crippen molar-refractivity contribution in [2.24, 2.45) is 0 Å². The lowest BCUT2D eigenvalue weighted by Crippen LogP contribution is -2.25. The van der Waals surface area contributed by atoms with E-state index in [4.69, 9.17) is 9.84 Å². The van der Waals surface area contributed by atoms with E-state index in [2.05, 4.69) is 5.32 Å². The molecule has 2 rings (SSSR count). The van der Waals surface area contributed by atoms with Crippen molar-refractivity contribution in [1.29, 1.82) is 0 Å². The van der Waals surface area contributed by atoms with E-state index in [1.54, 1.807) is 0 Å². The molecule has 0 saturated carbocycles. The van der Waals surface area contributed by atoms with Crippen LogP contribution in [0.2, 0.25) is 0 Å². The summed E-state index contributed by atoms with van der Waals surface area (Å²) in [5, 5.41) is 20.5. The number of benzene rings is 2. The van der Waals surface area contributed by atoms with Gasteiger partial charge in [0.25, 0.3) is 5.91 Å². The quantitative estimate of drug-likeness (QED) is 0.738. The monoisotopic (exact) mass is 347 g/mol. The minimum absolute atomic E-state index is 0.0389. The number of carbonyl (C=O) groups is 3. The van der Waals surface area contributed by atoms with Crippen LogP contribution in [0.15, 0.2) is 36.4 Å². The lowest BCUT2D eigenvalue weighted by atomic mass is 10.1. The summed E-state index contributed by atoms with van der Waals surface area (Å²) in [6.07, 6.45) is 0. The smallest absolute Gasteiger partial charge is 0.340 e. The fourth-order valence-corrected chi connectivity index (χ4v) is 2.23. The Hall–Kier alpha value is -3.42. The molecule has 2 aromatic rings. The Morgan fingerprint density at radius 3 is 2.36 bits per heavy atom. The molecule has 0 bridgehead atoms. The van der Waals surface area contributed by atoms with Crippen molar-refractivity contribution in [3.63, 3.8) is 0 Å². The fourth-order valence-electron chi connectivity index (χ4n) is 2.23. The van der Waals surface area contributed by atoms with E-state index in [1.807, 2.05) is 0 Å². The van der Waals surface area contributed by atoms with Crippen LogP contribution >= 0.6 is 0 Å². The van der Waals surface area contributed by atoms with Crippen LogP contribution in [0.3, 0.4) is 0 Å². The van der Waals surface area contributed by atoms with Gasteiger partial charge in [0, 0.05) is 6.54 Å². The molecule has 25 heavy (non-hydrogen) atoms. The summed E-state index contributed by atoms with van der Waals surface area (Å²) in [4.78, 5) is 34.4. The van der Waals surface area contributed by atoms with Gasteiger partial charge in [-0.05, 0) is 29.8 Å². The van der Waals surface area contributed by atoms with Gasteiger partial charge in [-0.25, -0.2) is 14.0 Å². The van der Waals surface area contributed by atoms with Crippen LogP contribution in [0.5, 0.6) is 5.75 Å². The highest BCUT2D eigenvalue weighted by molar-refractivity contribution is 6.06. The standard InChI is InChI=1S/C17H14FNO6/c1-25-13-4-2-3-11(14(13)17(23)24)15(20)19-8-9-5-6-10(16(21)22)12(18)7-9/h2-7H,8H2,1H3,(H,19,20)(H,21,22)(H,23,24). The number of carboxylic acids is 2. The zero-order valence-corrected chi connectivity index (χ0v) is 13.1. The topological polar surface area (TPSA) is 113 Å². The van der Waals surface area contributed by atoms with Crippen molar-refractivity contribution in [3.8, 4) is 5.75 Å². The number of rotatable bonds is 6. The third-order valence-corrected chi connectivity index (χ3v) is 3.42. The number of amides is 1. The van der Waals surface area contributed by atoms with Gasteiger partial charge in [-0.2, -0.15) is 0 Å². The van der Waals surface area contributed by atoms with Gasteiger partial charge >= 0.3 is 11.9 Å². The van der Waals surface area contributed by atoms with Crippen LogP contribution in [-0.2, 0) is 6.54 Å². The van der Waals surface area contributed by atoms with Crippen LogP contribution in [-0.4, -0.2) is 35.2 Å². The number of hydrogen-bond acceptors (Lipinski definition) is 4. The lowest BCUT2D eigenvalue weighted by molar-refractivity contribution is 0.0679. The van der Waals surface area contributed by atoms with Crippen molar-refractivity contribution < 1.29 is 33.7 Å². The van der Waals surface area contributed by atoms with Gasteiger partial charge in [0.05, 0.1) is 18.2 Å². The predicted octanol–water partition coefficient (Wildman–Crippen LogP) is 2.16. The van der Waals surface area contributed by atoms with E-state index in [0.717, 1.165) is 12.1 Å². The molecule has 0 aliphatic carbocycles. The highest BCUT2D eigenvalue weighted by atomic mass is 19.1. The Kier molecular flexibility index (Phi) is 5.33. The molecule has 2 aromatic carbocycles. The Morgan fingerprint density at radius 1 is 1.08 bits per heavy atom. The fraction of sp³-hybridized carbons (Fsp3) is 0.118. The third-order valence-electron chi connectivity index (χ3n) is 3.42. The maximum atomic E-state index is 13.6. The first-order valence-electron chi connectivity index (χ1n) is 7.05. The molecule has 7 nitrogen and oxygen atoms in total. The molecule has 3 N–H and O–H groups in total. The van der Waals surface area contributed by atoms with Crippen LogP contribution in [0.4, 0.5) is 4.39 Å². The molecule has 0 unspecified atom stereocenters. The largest absolute Gasteiger partial charge is 0.496 e. The van der Waals surface area contributed by atoms with E-state index < -0.39 is 29.2 Å². The number of aromatic carboxylic acids is 2. The van der Waals surface area contributed by atoms with Gasteiger partial charge in [-0.15, -0.1) is 0 Å². The van der Waals surface area contributed by atoms with Crippen LogP contribution < -0.4 is 10.1 Å². The number of ether oxygens (including phenoxy) is 1. The van der Waals surface area contributed by atoms with E-state index in [9.17, 15) is 23.9 Å². The number of carboxylic acid groups (broad SMARTS) is 2. The third kappa shape index (κ3) is 3.92. The first kappa shape index (κ1) is 17.9. The summed E-state index contributed by atoms with van der Waals surface area (Å²) in [5.41, 5.74) is -0.531. The SMILES string of the molecule is COc1cccc(C(=O)NCc2ccc(C(=O)O)c(F)c2)c1C(=O)O. The zero-order chi connectivity index (χ0) is 18.6. The highest BCUT2D eigenvalue weighted by Crippen LogP contribution is 2.22. The molecule has 0 saturated heterocycles. The molecule has 0 heterocycles. The Labute approximate surface area is 141 Å². The number of carbonyl (C=O) groups excluding carboxylic acids is 1. The van der Waals surface area contributed by atoms with Gasteiger partial charge in [0.2, 0.25) is 0 Å². The van der Waals surface area contributed by atoms with E-state index in [-0.39, 0.29) is 23.4 Å². The van der Waals surface area contributed by atoms with E-state index in [0.29, 0.717) is 5.56 Å². The average Bonchev–Trinajstić information content (AvgIpc) is 2.58. The van der Waals surface area contributed by atoms with Gasteiger partial charge in [0.15, 0.2) is 0 Å². The second-order valence-electron chi connectivity index (χ2n) is 4.99. The average molecular weight is 347 g/mol. The van der Waals surface area contributed by atoms with Gasteiger partial charge in [0.1, 0.15) is 17.1 Å². The molecule has 0 aromatic heterocycles. The molecule has 8 heteroatoms. The summed E-state index contributed by atoms with van der Waals surface area (Å²) in [6, 6.07) is 7.66. The normalized spacial score (nSPS) is 10.2. The van der Waals surface area contributed by atoms with Gasteiger partial charge in [-0.1, -0.05) is 12.1 Å². The van der Waals surface area contributed by atoms with Crippen molar-refractivity contribution in [3.05, 3.63) is 64.5 Å². The zero-order valence-electron chi connectivity index (χ0n) is 13.1. The number of hydrogen-bond donors (Lipinski definition) is 3. The maximum Gasteiger partial charge on any atom is 0.340 e. The van der Waals surface area contributed by atoms with Gasteiger partial charge < -0.3 is 20.3 Å². The Morgan fingerprint density at radius 2 is 1.80 bits per heavy atom. The lowest BCUT2D eigenvalue weighted by Gasteiger charge is -2.11. The van der Waals surface area contributed by atoms with E-state index >= 15 is 0 Å². The summed E-state index contributed by atoms with van der Waals surface area (Å²) in [5.74, 6) is -4.28. The number of nitrogens with one attached hydrogen (secondary N) is 1. The molecule has 0 fully saturated rings. The summed E-state index contributed by atoms with van der Waals surface area (Å²) < 4.78 is 18.6. The van der Waals surface area contributed by atoms with Crippen LogP contribution in [0.25, 0.3) is 0 Å². The number of halogens is 1. The maximum absolute atomic E-state index is 13.6. The second kappa shape index (κ2) is 7.43. The second-order valence-corrected chi connectivity index (χ2v) is 4.99. The summed E-state index contributed by atoms with van der Waals surface area (Å²) in [7, 11) is 1.29. The Balaban J connectivity index is 2.20. The van der Waals surface area contributed by atoms with Crippen LogP contribution in [0, 0.1) is 5.82 Å².